The molecule has 0 bridgehead atoms. The highest BCUT2D eigenvalue weighted by atomic mass is 16.3. The molecule has 42 heavy (non-hydrogen) atoms. The second-order valence-electron chi connectivity index (χ2n) is 14.5. The van der Waals surface area contributed by atoms with Gasteiger partial charge >= 0.3 is 0 Å². The van der Waals surface area contributed by atoms with Gasteiger partial charge in [-0.3, -0.25) is 0 Å². The number of hydrogen-bond donors (Lipinski definition) is 0. The molecular formula is C39H43N2O+. The van der Waals surface area contributed by atoms with Crippen molar-refractivity contribution in [2.24, 2.45) is 17.9 Å². The lowest BCUT2D eigenvalue weighted by Crippen LogP contribution is -2.31. The van der Waals surface area contributed by atoms with E-state index in [-0.39, 0.29) is 5.41 Å². The Labute approximate surface area is 250 Å². The quantitative estimate of drug-likeness (QED) is 0.207. The Morgan fingerprint density at radius 2 is 1.55 bits per heavy atom. The third-order valence-corrected chi connectivity index (χ3v) is 9.35. The number of rotatable bonds is 4. The number of nitriles is 1. The summed E-state index contributed by atoms with van der Waals surface area (Å²) in [4.78, 5) is 0. The first kappa shape index (κ1) is 28.2. The van der Waals surface area contributed by atoms with Crippen LogP contribution in [0, 0.1) is 29.1 Å². The van der Waals surface area contributed by atoms with Gasteiger partial charge in [-0.1, -0.05) is 71.0 Å². The van der Waals surface area contributed by atoms with Gasteiger partial charge in [-0.2, -0.15) is 5.26 Å². The van der Waals surface area contributed by atoms with Crippen molar-refractivity contribution in [3.63, 3.8) is 0 Å². The zero-order valence-corrected chi connectivity index (χ0v) is 26.3. The van der Waals surface area contributed by atoms with Gasteiger partial charge in [0.1, 0.15) is 18.2 Å². The third kappa shape index (κ3) is 5.24. The molecule has 0 atom stereocenters. The average Bonchev–Trinajstić information content (AvgIpc) is 3.31. The molecule has 0 unspecified atom stereocenters. The zero-order valence-electron chi connectivity index (χ0n) is 26.3. The summed E-state index contributed by atoms with van der Waals surface area (Å²) in [6.07, 6.45) is 8.19. The molecule has 0 N–H and O–H groups in total. The molecule has 6 rings (SSSR count). The minimum Gasteiger partial charge on any atom is -0.454 e. The fourth-order valence-corrected chi connectivity index (χ4v) is 6.94. The summed E-state index contributed by atoms with van der Waals surface area (Å²) in [6, 6.07) is 24.3. The van der Waals surface area contributed by atoms with E-state index in [4.69, 9.17) is 4.42 Å². The molecule has 0 spiro atoms. The van der Waals surface area contributed by atoms with Crippen molar-refractivity contribution in [1.29, 1.82) is 5.26 Å². The molecule has 1 fully saturated rings. The number of pyridine rings is 1. The van der Waals surface area contributed by atoms with E-state index in [9.17, 15) is 5.26 Å². The van der Waals surface area contributed by atoms with Gasteiger partial charge in [0.25, 0.3) is 0 Å². The first-order chi connectivity index (χ1) is 19.9. The van der Waals surface area contributed by atoms with E-state index in [1.807, 2.05) is 6.07 Å². The lowest BCUT2D eigenvalue weighted by molar-refractivity contribution is -0.660. The fourth-order valence-electron chi connectivity index (χ4n) is 6.94. The summed E-state index contributed by atoms with van der Waals surface area (Å²) in [5.74, 6) is 0.616. The molecule has 0 saturated heterocycles. The summed E-state index contributed by atoms with van der Waals surface area (Å²) in [7, 11) is 2.10. The number of fused-ring (bicyclic) bond motifs is 3. The Morgan fingerprint density at radius 1 is 0.905 bits per heavy atom. The van der Waals surface area contributed by atoms with E-state index in [1.54, 1.807) is 0 Å². The predicted octanol–water partition coefficient (Wildman–Crippen LogP) is 10.2. The van der Waals surface area contributed by atoms with Crippen LogP contribution in [0.1, 0.15) is 88.5 Å². The largest absolute Gasteiger partial charge is 0.454 e. The van der Waals surface area contributed by atoms with Gasteiger partial charge in [-0.05, 0) is 90.2 Å². The highest BCUT2D eigenvalue weighted by molar-refractivity contribution is 6.14. The van der Waals surface area contributed by atoms with Crippen molar-refractivity contribution in [1.82, 2.24) is 0 Å². The second kappa shape index (κ2) is 10.4. The average molecular weight is 556 g/mol. The van der Waals surface area contributed by atoms with Crippen LogP contribution in [0.25, 0.3) is 44.3 Å². The smallest absolute Gasteiger partial charge is 0.216 e. The minimum absolute atomic E-state index is 0.198. The lowest BCUT2D eigenvalue weighted by Gasteiger charge is -2.34. The second-order valence-corrected chi connectivity index (χ2v) is 14.5. The minimum atomic E-state index is 0.198. The maximum atomic E-state index is 10.2. The number of hydrogen-bond acceptors (Lipinski definition) is 2. The number of aromatic nitrogens is 1. The van der Waals surface area contributed by atoms with Gasteiger partial charge in [-0.15, -0.1) is 0 Å². The standard InChI is InChI=1S/C39H43N2O/c1-25-8-14-31-32-15-13-30(24-40)35(29-11-9-27(10-12-29)28-16-19-39(5,6)20-17-28)37(32)42-36(31)34(25)33-22-26(18-21-41(33)7)23-38(2,3)4/h8-15,18,21-22,28H,16-17,19-20,23H2,1-7H3/q+1. The molecule has 3 heteroatoms. The maximum absolute atomic E-state index is 10.2. The molecule has 3 nitrogen and oxygen atoms in total. The van der Waals surface area contributed by atoms with Crippen molar-refractivity contribution in [3.05, 3.63) is 89.1 Å². The van der Waals surface area contributed by atoms with Crippen LogP contribution in [0.2, 0.25) is 0 Å². The molecule has 3 aromatic carbocycles. The van der Waals surface area contributed by atoms with Crippen LogP contribution in [-0.4, -0.2) is 0 Å². The lowest BCUT2D eigenvalue weighted by atomic mass is 9.71. The normalized spacial score (nSPS) is 15.8. The molecule has 2 heterocycles. The molecule has 2 aromatic heterocycles. The molecule has 214 valence electrons. The van der Waals surface area contributed by atoms with Crippen LogP contribution < -0.4 is 4.57 Å². The van der Waals surface area contributed by atoms with Gasteiger partial charge in [0.2, 0.25) is 5.69 Å². The number of furan rings is 1. The van der Waals surface area contributed by atoms with Crippen LogP contribution in [0.15, 0.2) is 71.3 Å². The molecule has 0 aliphatic heterocycles. The van der Waals surface area contributed by atoms with E-state index in [1.165, 1.54) is 42.4 Å². The number of benzene rings is 3. The molecule has 5 aromatic rings. The highest BCUT2D eigenvalue weighted by Gasteiger charge is 2.28. The van der Waals surface area contributed by atoms with E-state index >= 15 is 0 Å². The van der Waals surface area contributed by atoms with Crippen molar-refractivity contribution in [2.45, 2.75) is 79.6 Å². The predicted molar refractivity (Wildman–Crippen MR) is 173 cm³/mol. The van der Waals surface area contributed by atoms with E-state index in [0.717, 1.165) is 50.7 Å². The van der Waals surface area contributed by atoms with Gasteiger partial charge in [0.05, 0.1) is 17.2 Å². The van der Waals surface area contributed by atoms with Crippen LogP contribution >= 0.6 is 0 Å². The summed E-state index contributed by atoms with van der Waals surface area (Å²) >= 11 is 0. The van der Waals surface area contributed by atoms with Crippen molar-refractivity contribution < 1.29 is 8.98 Å². The van der Waals surface area contributed by atoms with E-state index < -0.39 is 0 Å². The highest BCUT2D eigenvalue weighted by Crippen LogP contribution is 2.44. The number of aryl methyl sites for hydroxylation is 2. The Bertz CT molecular complexity index is 1830. The topological polar surface area (TPSA) is 40.8 Å². The van der Waals surface area contributed by atoms with Crippen LogP contribution in [-0.2, 0) is 13.5 Å². The SMILES string of the molecule is Cc1ccc2c(oc3c(-c4ccc(C5CCC(C)(C)CC5)cc4)c(C#N)ccc32)c1-c1cc(CC(C)(C)C)cc[n+]1C. The Balaban J connectivity index is 1.49. The van der Waals surface area contributed by atoms with Crippen LogP contribution in [0.4, 0.5) is 0 Å². The summed E-state index contributed by atoms with van der Waals surface area (Å²) in [5, 5.41) is 12.3. The molecule has 1 aliphatic rings. The Morgan fingerprint density at radius 3 is 2.19 bits per heavy atom. The molecule has 1 aliphatic carbocycles. The molecular weight excluding hydrogens is 512 g/mol. The van der Waals surface area contributed by atoms with Crippen molar-refractivity contribution in [3.8, 4) is 28.5 Å². The molecule has 0 amide bonds. The van der Waals surface area contributed by atoms with E-state index in [2.05, 4.69) is 120 Å². The first-order valence-electron chi connectivity index (χ1n) is 15.4. The molecule has 1 saturated carbocycles. The fraction of sp³-hybridized carbons (Fsp3) is 0.385. The van der Waals surface area contributed by atoms with Gasteiger partial charge < -0.3 is 4.42 Å². The number of nitrogens with zero attached hydrogens (tertiary/aromatic N) is 2. The summed E-state index contributed by atoms with van der Waals surface area (Å²) in [6.45, 7) is 13.8. The van der Waals surface area contributed by atoms with Gasteiger partial charge in [0.15, 0.2) is 6.20 Å². The molecule has 0 radical (unpaired) electrons. The van der Waals surface area contributed by atoms with Gasteiger partial charge in [0, 0.05) is 28.5 Å². The third-order valence-electron chi connectivity index (χ3n) is 9.35. The first-order valence-corrected chi connectivity index (χ1v) is 15.4. The Hall–Kier alpha value is -3.90. The summed E-state index contributed by atoms with van der Waals surface area (Å²) < 4.78 is 9.04. The maximum Gasteiger partial charge on any atom is 0.216 e. The van der Waals surface area contributed by atoms with Crippen molar-refractivity contribution >= 4 is 21.9 Å². The van der Waals surface area contributed by atoms with Crippen LogP contribution in [0.5, 0.6) is 0 Å². The van der Waals surface area contributed by atoms with Crippen LogP contribution in [0.3, 0.4) is 0 Å². The Kier molecular flexibility index (Phi) is 7.01. The van der Waals surface area contributed by atoms with E-state index in [0.29, 0.717) is 16.9 Å². The zero-order chi connectivity index (χ0) is 29.8. The van der Waals surface area contributed by atoms with Gasteiger partial charge in [-0.25, -0.2) is 4.57 Å². The monoisotopic (exact) mass is 555 g/mol. The summed E-state index contributed by atoms with van der Waals surface area (Å²) in [5.41, 5.74) is 11.0. The van der Waals surface area contributed by atoms with Crippen molar-refractivity contribution in [2.75, 3.05) is 0 Å².